The lowest BCUT2D eigenvalue weighted by Crippen LogP contribution is -2.24. The maximum absolute atomic E-state index is 12.4. The summed E-state index contributed by atoms with van der Waals surface area (Å²) >= 11 is 7.25. The van der Waals surface area contributed by atoms with Crippen molar-refractivity contribution in [3.05, 3.63) is 47.6 Å². The van der Waals surface area contributed by atoms with Crippen LogP contribution in [-0.4, -0.2) is 26.1 Å². The normalized spacial score (nSPS) is 12.3. The third kappa shape index (κ3) is 3.83. The zero-order valence-corrected chi connectivity index (χ0v) is 14.0. The first-order chi connectivity index (χ1) is 11.2. The molecule has 1 amide bonds. The summed E-state index contributed by atoms with van der Waals surface area (Å²) in [4.78, 5) is 24.2. The van der Waals surface area contributed by atoms with E-state index in [1.54, 1.807) is 30.5 Å². The summed E-state index contributed by atoms with van der Waals surface area (Å²) in [6.07, 6.45) is 2.39. The molecule has 3 aromatic rings. The largest absolute Gasteiger partial charge is 0.332 e. The maximum atomic E-state index is 12.4. The molecule has 118 valence electrons. The number of fused-ring (bicyclic) bond motifs is 1. The first-order valence-electron chi connectivity index (χ1n) is 7.19. The number of benzene rings is 1. The molecule has 2 heterocycles. The Bertz CT molecular complexity index is 785. The number of nitrogens with one attached hydrogen (secondary N) is 2. The maximum Gasteiger partial charge on any atom is 0.237 e. The predicted molar refractivity (Wildman–Crippen MR) is 93.9 cm³/mol. The van der Waals surface area contributed by atoms with E-state index in [-0.39, 0.29) is 11.2 Å². The van der Waals surface area contributed by atoms with Gasteiger partial charge in [0.2, 0.25) is 5.91 Å². The minimum atomic E-state index is -0.244. The highest BCUT2D eigenvalue weighted by molar-refractivity contribution is 8.00. The fourth-order valence-corrected chi connectivity index (χ4v) is 3.13. The van der Waals surface area contributed by atoms with Gasteiger partial charge in [0.25, 0.3) is 0 Å². The molecule has 1 aromatic carbocycles. The highest BCUT2D eigenvalue weighted by atomic mass is 35.5. The Morgan fingerprint density at radius 2 is 2.13 bits per heavy atom. The smallest absolute Gasteiger partial charge is 0.237 e. The van der Waals surface area contributed by atoms with Crippen LogP contribution in [0.3, 0.4) is 0 Å². The molecule has 0 aliphatic carbocycles. The second kappa shape index (κ2) is 7.02. The second-order valence-electron chi connectivity index (χ2n) is 4.93. The summed E-state index contributed by atoms with van der Waals surface area (Å²) in [5, 5.41) is 3.98. The standard InChI is InChI=1S/C16H15ClN4OS/c1-2-13(15(22)19-11-7-5-10(17)6-8-11)23-16-20-12-4-3-9-18-14(12)21-16/h3-9,13H,2H2,1H3,(H,19,22)(H,18,20,21). The van der Waals surface area contributed by atoms with E-state index in [9.17, 15) is 4.79 Å². The number of rotatable bonds is 5. The van der Waals surface area contributed by atoms with Crippen LogP contribution in [-0.2, 0) is 4.79 Å². The van der Waals surface area contributed by atoms with E-state index in [1.165, 1.54) is 11.8 Å². The fourth-order valence-electron chi connectivity index (χ4n) is 2.09. The Labute approximate surface area is 142 Å². The molecule has 5 nitrogen and oxygen atoms in total. The van der Waals surface area contributed by atoms with Gasteiger partial charge >= 0.3 is 0 Å². The monoisotopic (exact) mass is 346 g/mol. The van der Waals surface area contributed by atoms with Crippen molar-refractivity contribution in [2.75, 3.05) is 5.32 Å². The molecule has 1 atom stereocenters. The second-order valence-corrected chi connectivity index (χ2v) is 6.56. The van der Waals surface area contributed by atoms with Crippen molar-refractivity contribution < 1.29 is 4.79 Å². The van der Waals surface area contributed by atoms with Crippen LogP contribution >= 0.6 is 23.4 Å². The van der Waals surface area contributed by atoms with Crippen LogP contribution in [0.4, 0.5) is 5.69 Å². The Morgan fingerprint density at radius 1 is 1.35 bits per heavy atom. The van der Waals surface area contributed by atoms with E-state index in [0.717, 1.165) is 11.2 Å². The number of aromatic amines is 1. The van der Waals surface area contributed by atoms with Crippen LogP contribution in [0.2, 0.25) is 5.02 Å². The molecule has 0 spiro atoms. The van der Waals surface area contributed by atoms with Crippen molar-refractivity contribution in [3.8, 4) is 0 Å². The minimum absolute atomic E-state index is 0.0618. The fraction of sp³-hybridized carbons (Fsp3) is 0.188. The van der Waals surface area contributed by atoms with E-state index >= 15 is 0 Å². The number of hydrogen-bond donors (Lipinski definition) is 2. The number of imidazole rings is 1. The molecule has 0 radical (unpaired) electrons. The van der Waals surface area contributed by atoms with Crippen LogP contribution in [0, 0.1) is 0 Å². The van der Waals surface area contributed by atoms with Gasteiger partial charge in [-0.1, -0.05) is 30.3 Å². The molecule has 2 aromatic heterocycles. The van der Waals surface area contributed by atoms with Crippen molar-refractivity contribution in [3.63, 3.8) is 0 Å². The zero-order valence-electron chi connectivity index (χ0n) is 12.4. The average Bonchev–Trinajstić information content (AvgIpc) is 2.97. The van der Waals surface area contributed by atoms with Gasteiger partial charge in [-0.3, -0.25) is 4.79 Å². The molecule has 0 saturated carbocycles. The van der Waals surface area contributed by atoms with Crippen molar-refractivity contribution in [1.29, 1.82) is 0 Å². The number of halogens is 1. The number of carbonyl (C=O) groups is 1. The number of aromatic nitrogens is 3. The summed E-state index contributed by atoms with van der Waals surface area (Å²) in [5.74, 6) is -0.0618. The van der Waals surface area contributed by atoms with Crippen LogP contribution < -0.4 is 5.32 Å². The third-order valence-corrected chi connectivity index (χ3v) is 4.77. The molecule has 0 aliphatic rings. The number of carbonyl (C=O) groups excluding carboxylic acids is 1. The van der Waals surface area contributed by atoms with E-state index < -0.39 is 0 Å². The van der Waals surface area contributed by atoms with E-state index in [4.69, 9.17) is 11.6 Å². The average molecular weight is 347 g/mol. The predicted octanol–water partition coefficient (Wildman–Crippen LogP) is 4.12. The van der Waals surface area contributed by atoms with Gasteiger partial charge in [-0.05, 0) is 42.8 Å². The molecular weight excluding hydrogens is 332 g/mol. The SMILES string of the molecule is CCC(Sc1nc2ncccc2[nH]1)C(=O)Nc1ccc(Cl)cc1. The molecule has 3 rings (SSSR count). The number of thioether (sulfide) groups is 1. The number of hydrogen-bond acceptors (Lipinski definition) is 4. The van der Waals surface area contributed by atoms with Gasteiger partial charge in [0.1, 0.15) is 0 Å². The first-order valence-corrected chi connectivity index (χ1v) is 8.45. The third-order valence-electron chi connectivity index (χ3n) is 3.26. The number of amides is 1. The lowest BCUT2D eigenvalue weighted by molar-refractivity contribution is -0.115. The highest BCUT2D eigenvalue weighted by Gasteiger charge is 2.20. The number of anilines is 1. The summed E-state index contributed by atoms with van der Waals surface area (Å²) in [6.45, 7) is 1.97. The van der Waals surface area contributed by atoms with Gasteiger partial charge < -0.3 is 10.3 Å². The summed E-state index contributed by atoms with van der Waals surface area (Å²) in [7, 11) is 0. The van der Waals surface area contributed by atoms with Crippen molar-refractivity contribution in [2.24, 2.45) is 0 Å². The quantitative estimate of drug-likeness (QED) is 0.682. The topological polar surface area (TPSA) is 70.7 Å². The molecule has 0 fully saturated rings. The molecule has 1 unspecified atom stereocenters. The van der Waals surface area contributed by atoms with Gasteiger partial charge in [0, 0.05) is 16.9 Å². The minimum Gasteiger partial charge on any atom is -0.332 e. The van der Waals surface area contributed by atoms with Crippen LogP contribution in [0.5, 0.6) is 0 Å². The van der Waals surface area contributed by atoms with Crippen LogP contribution in [0.15, 0.2) is 47.8 Å². The van der Waals surface area contributed by atoms with E-state index in [1.807, 2.05) is 19.1 Å². The molecule has 0 aliphatic heterocycles. The molecule has 2 N–H and O–H groups in total. The lowest BCUT2D eigenvalue weighted by Gasteiger charge is -2.13. The molecular formula is C16H15ClN4OS. The van der Waals surface area contributed by atoms with Crippen LogP contribution in [0.25, 0.3) is 11.2 Å². The molecule has 7 heteroatoms. The van der Waals surface area contributed by atoms with Crippen molar-refractivity contribution in [1.82, 2.24) is 15.0 Å². The van der Waals surface area contributed by atoms with Gasteiger partial charge in [0.15, 0.2) is 10.8 Å². The van der Waals surface area contributed by atoms with E-state index in [2.05, 4.69) is 20.3 Å². The molecule has 0 saturated heterocycles. The Balaban J connectivity index is 1.71. The molecule has 23 heavy (non-hydrogen) atoms. The lowest BCUT2D eigenvalue weighted by atomic mass is 10.3. The highest BCUT2D eigenvalue weighted by Crippen LogP contribution is 2.26. The Hall–Kier alpha value is -2.05. The summed E-state index contributed by atoms with van der Waals surface area (Å²) in [6, 6.07) is 10.8. The van der Waals surface area contributed by atoms with Crippen molar-refractivity contribution in [2.45, 2.75) is 23.8 Å². The van der Waals surface area contributed by atoms with Gasteiger partial charge in [0.05, 0.1) is 10.8 Å². The number of nitrogens with zero attached hydrogens (tertiary/aromatic N) is 2. The Kier molecular flexibility index (Phi) is 4.83. The van der Waals surface area contributed by atoms with E-state index in [0.29, 0.717) is 22.2 Å². The van der Waals surface area contributed by atoms with Crippen molar-refractivity contribution >= 4 is 46.1 Å². The molecule has 0 bridgehead atoms. The Morgan fingerprint density at radius 3 is 2.83 bits per heavy atom. The van der Waals surface area contributed by atoms with Gasteiger partial charge in [-0.2, -0.15) is 0 Å². The zero-order chi connectivity index (χ0) is 16.2. The van der Waals surface area contributed by atoms with Gasteiger partial charge in [-0.15, -0.1) is 0 Å². The number of H-pyrrole nitrogens is 1. The van der Waals surface area contributed by atoms with Gasteiger partial charge in [-0.25, -0.2) is 9.97 Å². The first kappa shape index (κ1) is 15.8. The number of pyridine rings is 1. The summed E-state index contributed by atoms with van der Waals surface area (Å²) in [5.41, 5.74) is 2.25. The summed E-state index contributed by atoms with van der Waals surface area (Å²) < 4.78 is 0. The van der Waals surface area contributed by atoms with Crippen LogP contribution in [0.1, 0.15) is 13.3 Å².